The molecule has 1 unspecified atom stereocenters. The van der Waals surface area contributed by atoms with Gasteiger partial charge >= 0.3 is 5.97 Å². The Balaban J connectivity index is 1.85. The average Bonchev–Trinajstić information content (AvgIpc) is 3.14. The van der Waals surface area contributed by atoms with Gasteiger partial charge in [-0.1, -0.05) is 12.1 Å². The molecule has 0 saturated heterocycles. The van der Waals surface area contributed by atoms with Gasteiger partial charge < -0.3 is 10.1 Å². The lowest BCUT2D eigenvalue weighted by Crippen LogP contribution is -2.24. The van der Waals surface area contributed by atoms with Crippen LogP contribution < -0.4 is 5.32 Å². The van der Waals surface area contributed by atoms with Crippen LogP contribution in [0.3, 0.4) is 0 Å². The van der Waals surface area contributed by atoms with Crippen molar-refractivity contribution in [2.24, 2.45) is 0 Å². The van der Waals surface area contributed by atoms with Crippen LogP contribution >= 0.6 is 22.7 Å². The summed E-state index contributed by atoms with van der Waals surface area (Å²) >= 11 is 3.56. The van der Waals surface area contributed by atoms with E-state index in [2.05, 4.69) is 45.1 Å². The van der Waals surface area contributed by atoms with E-state index in [1.54, 1.807) is 22.7 Å². The Bertz CT molecular complexity index is 494. The average molecular weight is 309 g/mol. The highest BCUT2D eigenvalue weighted by atomic mass is 32.1. The third kappa shape index (κ3) is 4.74. The zero-order chi connectivity index (χ0) is 14.2. The van der Waals surface area contributed by atoms with Crippen LogP contribution in [0.1, 0.15) is 28.6 Å². The maximum Gasteiger partial charge on any atom is 0.305 e. The Morgan fingerprint density at radius 1 is 1.30 bits per heavy atom. The highest BCUT2D eigenvalue weighted by Gasteiger charge is 2.13. The standard InChI is InChI=1S/C15H19NO2S2/c1-18-15(17)7-2-8-16-13(14-6-4-10-20-14)11-12-5-3-9-19-12/h3-6,9-10,13,16H,2,7-8,11H2,1H3. The first kappa shape index (κ1) is 15.2. The first-order valence-electron chi connectivity index (χ1n) is 6.65. The van der Waals surface area contributed by atoms with Crippen molar-refractivity contribution in [2.75, 3.05) is 13.7 Å². The quantitative estimate of drug-likeness (QED) is 0.598. The monoisotopic (exact) mass is 309 g/mol. The van der Waals surface area contributed by atoms with E-state index in [0.717, 1.165) is 19.4 Å². The van der Waals surface area contributed by atoms with Crippen LogP contribution in [0.4, 0.5) is 0 Å². The number of hydrogen-bond donors (Lipinski definition) is 1. The Labute approximate surface area is 127 Å². The Morgan fingerprint density at radius 2 is 2.10 bits per heavy atom. The molecule has 0 bridgehead atoms. The molecule has 0 radical (unpaired) electrons. The zero-order valence-corrected chi connectivity index (χ0v) is 13.1. The molecule has 0 fully saturated rings. The third-order valence-electron chi connectivity index (χ3n) is 3.05. The molecule has 0 aliphatic heterocycles. The van der Waals surface area contributed by atoms with Crippen molar-refractivity contribution in [3.8, 4) is 0 Å². The minimum Gasteiger partial charge on any atom is -0.469 e. The molecule has 20 heavy (non-hydrogen) atoms. The number of nitrogens with one attached hydrogen (secondary N) is 1. The summed E-state index contributed by atoms with van der Waals surface area (Å²) in [5.41, 5.74) is 0. The lowest BCUT2D eigenvalue weighted by molar-refractivity contribution is -0.140. The van der Waals surface area contributed by atoms with Crippen molar-refractivity contribution in [3.63, 3.8) is 0 Å². The molecule has 0 aliphatic rings. The minimum absolute atomic E-state index is 0.141. The predicted octanol–water partition coefficient (Wildman–Crippen LogP) is 3.64. The van der Waals surface area contributed by atoms with Crippen molar-refractivity contribution in [3.05, 3.63) is 44.8 Å². The summed E-state index contributed by atoms with van der Waals surface area (Å²) in [5, 5.41) is 7.76. The first-order chi connectivity index (χ1) is 9.79. The second-order valence-corrected chi connectivity index (χ2v) is 6.50. The largest absolute Gasteiger partial charge is 0.469 e. The van der Waals surface area contributed by atoms with Crippen LogP contribution in [-0.2, 0) is 16.0 Å². The van der Waals surface area contributed by atoms with Gasteiger partial charge in [0.2, 0.25) is 0 Å². The van der Waals surface area contributed by atoms with E-state index >= 15 is 0 Å². The number of rotatable bonds is 8. The molecule has 1 atom stereocenters. The first-order valence-corrected chi connectivity index (χ1v) is 8.41. The lowest BCUT2D eigenvalue weighted by atomic mass is 10.1. The van der Waals surface area contributed by atoms with Gasteiger partial charge in [0.25, 0.3) is 0 Å². The maximum absolute atomic E-state index is 11.1. The van der Waals surface area contributed by atoms with E-state index in [-0.39, 0.29) is 5.97 Å². The van der Waals surface area contributed by atoms with Crippen molar-refractivity contribution in [1.29, 1.82) is 0 Å². The molecule has 5 heteroatoms. The predicted molar refractivity (Wildman–Crippen MR) is 84.3 cm³/mol. The van der Waals surface area contributed by atoms with Gasteiger partial charge in [0.1, 0.15) is 0 Å². The summed E-state index contributed by atoms with van der Waals surface area (Å²) in [4.78, 5) is 13.8. The van der Waals surface area contributed by atoms with Crippen molar-refractivity contribution >= 4 is 28.6 Å². The van der Waals surface area contributed by atoms with Crippen LogP contribution in [-0.4, -0.2) is 19.6 Å². The Morgan fingerprint density at radius 3 is 2.75 bits per heavy atom. The second kappa shape index (κ2) is 8.19. The number of ether oxygens (including phenoxy) is 1. The van der Waals surface area contributed by atoms with Crippen LogP contribution in [0.25, 0.3) is 0 Å². The lowest BCUT2D eigenvalue weighted by Gasteiger charge is -2.16. The molecular formula is C15H19NO2S2. The molecule has 108 valence electrons. The van der Waals surface area contributed by atoms with Gasteiger partial charge in [-0.3, -0.25) is 4.79 Å². The molecular weight excluding hydrogens is 290 g/mol. The summed E-state index contributed by atoms with van der Waals surface area (Å²) in [6.45, 7) is 0.822. The summed E-state index contributed by atoms with van der Waals surface area (Å²) in [6, 6.07) is 8.82. The van der Waals surface area contributed by atoms with Gasteiger partial charge in [-0.2, -0.15) is 0 Å². The van der Waals surface area contributed by atoms with Gasteiger partial charge in [0.15, 0.2) is 0 Å². The van der Waals surface area contributed by atoms with Gasteiger partial charge in [0, 0.05) is 28.6 Å². The summed E-state index contributed by atoms with van der Waals surface area (Å²) in [7, 11) is 1.43. The summed E-state index contributed by atoms with van der Waals surface area (Å²) < 4.78 is 4.65. The van der Waals surface area contributed by atoms with Gasteiger partial charge in [-0.05, 0) is 35.9 Å². The maximum atomic E-state index is 11.1. The van der Waals surface area contributed by atoms with Crippen LogP contribution in [0, 0.1) is 0 Å². The Kier molecular flexibility index (Phi) is 6.24. The SMILES string of the molecule is COC(=O)CCCNC(Cc1cccs1)c1cccs1. The second-order valence-electron chi connectivity index (χ2n) is 4.49. The molecule has 2 rings (SSSR count). The number of thiophene rings is 2. The molecule has 0 aliphatic carbocycles. The number of carbonyl (C=O) groups excluding carboxylic acids is 1. The number of carbonyl (C=O) groups is 1. The minimum atomic E-state index is -0.141. The molecule has 0 amide bonds. The summed E-state index contributed by atoms with van der Waals surface area (Å²) in [6.07, 6.45) is 2.27. The van der Waals surface area contributed by atoms with E-state index in [1.165, 1.54) is 16.9 Å². The van der Waals surface area contributed by atoms with E-state index in [0.29, 0.717) is 12.5 Å². The smallest absolute Gasteiger partial charge is 0.305 e. The zero-order valence-electron chi connectivity index (χ0n) is 11.5. The van der Waals surface area contributed by atoms with Gasteiger partial charge in [0.05, 0.1) is 7.11 Å². The fourth-order valence-electron chi connectivity index (χ4n) is 2.00. The van der Waals surface area contributed by atoms with Gasteiger partial charge in [-0.25, -0.2) is 0 Å². The topological polar surface area (TPSA) is 38.3 Å². The number of methoxy groups -OCH3 is 1. The van der Waals surface area contributed by atoms with Crippen LogP contribution in [0.15, 0.2) is 35.0 Å². The van der Waals surface area contributed by atoms with E-state index in [1.807, 2.05) is 0 Å². The number of esters is 1. The molecule has 0 saturated carbocycles. The van der Waals surface area contributed by atoms with E-state index < -0.39 is 0 Å². The molecule has 0 aromatic carbocycles. The molecule has 2 aromatic heterocycles. The normalized spacial score (nSPS) is 12.2. The highest BCUT2D eigenvalue weighted by Crippen LogP contribution is 2.24. The van der Waals surface area contributed by atoms with Crippen molar-refractivity contribution in [2.45, 2.75) is 25.3 Å². The van der Waals surface area contributed by atoms with Crippen molar-refractivity contribution < 1.29 is 9.53 Å². The fourth-order valence-corrected chi connectivity index (χ4v) is 3.56. The van der Waals surface area contributed by atoms with E-state index in [4.69, 9.17) is 0 Å². The number of hydrogen-bond acceptors (Lipinski definition) is 5. The molecule has 2 aromatic rings. The highest BCUT2D eigenvalue weighted by molar-refractivity contribution is 7.10. The van der Waals surface area contributed by atoms with Crippen LogP contribution in [0.5, 0.6) is 0 Å². The Hall–Kier alpha value is -1.17. The molecule has 0 spiro atoms. The van der Waals surface area contributed by atoms with Crippen LogP contribution in [0.2, 0.25) is 0 Å². The molecule has 1 N–H and O–H groups in total. The summed E-state index contributed by atoms with van der Waals surface area (Å²) in [5.74, 6) is -0.141. The van der Waals surface area contributed by atoms with Crippen molar-refractivity contribution in [1.82, 2.24) is 5.32 Å². The molecule has 3 nitrogen and oxygen atoms in total. The fraction of sp³-hybridized carbons (Fsp3) is 0.400. The van der Waals surface area contributed by atoms with E-state index in [9.17, 15) is 4.79 Å². The van der Waals surface area contributed by atoms with Gasteiger partial charge in [-0.15, -0.1) is 22.7 Å². The molecule has 2 heterocycles. The third-order valence-corrected chi connectivity index (χ3v) is 4.93.